The Morgan fingerprint density at radius 2 is 1.95 bits per heavy atom. The van der Waals surface area contributed by atoms with Gasteiger partial charge in [0.15, 0.2) is 0 Å². The minimum atomic E-state index is 0.782. The monoisotopic (exact) mass is 251 g/mol. The first kappa shape index (κ1) is 11.9. The molecule has 3 rings (SSSR count). The molecule has 3 nitrogen and oxygen atoms in total. The van der Waals surface area contributed by atoms with Gasteiger partial charge < -0.3 is 10.3 Å². The fourth-order valence-corrected chi connectivity index (χ4v) is 2.20. The van der Waals surface area contributed by atoms with Gasteiger partial charge in [0.25, 0.3) is 0 Å². The molecule has 2 aromatic carbocycles. The van der Waals surface area contributed by atoms with Gasteiger partial charge in [0.1, 0.15) is 5.82 Å². The summed E-state index contributed by atoms with van der Waals surface area (Å²) in [5, 5.41) is 5.78. The molecule has 0 unspecified atom stereocenters. The Bertz CT molecular complexity index is 685. The molecule has 0 radical (unpaired) electrons. The third-order valence-electron chi connectivity index (χ3n) is 3.23. The maximum absolute atomic E-state index is 4.39. The minimum absolute atomic E-state index is 0.782. The van der Waals surface area contributed by atoms with Gasteiger partial charge >= 0.3 is 0 Å². The van der Waals surface area contributed by atoms with Gasteiger partial charge in [-0.3, -0.25) is 0 Å². The molecule has 2 N–H and O–H groups in total. The van der Waals surface area contributed by atoms with Crippen LogP contribution in [0.3, 0.4) is 0 Å². The van der Waals surface area contributed by atoms with E-state index in [4.69, 9.17) is 0 Å². The Morgan fingerprint density at radius 3 is 2.79 bits per heavy atom. The number of nitrogens with one attached hydrogen (secondary N) is 2. The molecule has 0 aliphatic heterocycles. The van der Waals surface area contributed by atoms with Crippen molar-refractivity contribution in [1.82, 2.24) is 15.3 Å². The van der Waals surface area contributed by atoms with Gasteiger partial charge in [0, 0.05) is 5.56 Å². The molecule has 0 amide bonds. The molecule has 0 saturated carbocycles. The van der Waals surface area contributed by atoms with Crippen LogP contribution in [0.4, 0.5) is 0 Å². The standard InChI is InChI=1S/C16H17N3/c1-2-17-11-16-18-10-15(19-16)14-8-7-12-5-3-4-6-13(12)9-14/h3-10,17H,2,11H2,1H3,(H,18,19). The molecular formula is C16H17N3. The number of aromatic nitrogens is 2. The summed E-state index contributed by atoms with van der Waals surface area (Å²) in [5.74, 6) is 0.977. The summed E-state index contributed by atoms with van der Waals surface area (Å²) < 4.78 is 0. The third kappa shape index (κ3) is 2.51. The van der Waals surface area contributed by atoms with Crippen LogP contribution in [0.15, 0.2) is 48.7 Å². The van der Waals surface area contributed by atoms with Crippen molar-refractivity contribution in [3.63, 3.8) is 0 Å². The number of hydrogen-bond acceptors (Lipinski definition) is 2. The Morgan fingerprint density at radius 1 is 1.11 bits per heavy atom. The zero-order valence-corrected chi connectivity index (χ0v) is 11.0. The van der Waals surface area contributed by atoms with E-state index >= 15 is 0 Å². The highest BCUT2D eigenvalue weighted by Gasteiger charge is 2.03. The Balaban J connectivity index is 1.92. The van der Waals surface area contributed by atoms with Gasteiger partial charge in [0.05, 0.1) is 18.4 Å². The molecular weight excluding hydrogens is 234 g/mol. The van der Waals surface area contributed by atoms with Crippen molar-refractivity contribution >= 4 is 10.8 Å². The first-order valence-electron chi connectivity index (χ1n) is 6.60. The molecule has 0 atom stereocenters. The summed E-state index contributed by atoms with van der Waals surface area (Å²) in [5.41, 5.74) is 2.24. The second kappa shape index (κ2) is 5.24. The average molecular weight is 251 g/mol. The number of imidazole rings is 1. The number of rotatable bonds is 4. The van der Waals surface area contributed by atoms with E-state index in [2.05, 4.69) is 64.7 Å². The number of aromatic amines is 1. The number of benzene rings is 2. The van der Waals surface area contributed by atoms with E-state index in [1.807, 2.05) is 6.20 Å². The lowest BCUT2D eigenvalue weighted by Gasteiger charge is -2.01. The van der Waals surface area contributed by atoms with Crippen LogP contribution >= 0.6 is 0 Å². The normalized spacial score (nSPS) is 11.0. The van der Waals surface area contributed by atoms with E-state index in [1.54, 1.807) is 0 Å². The van der Waals surface area contributed by atoms with Gasteiger partial charge in [0.2, 0.25) is 0 Å². The number of hydrogen-bond donors (Lipinski definition) is 2. The van der Waals surface area contributed by atoms with E-state index in [0.29, 0.717) is 0 Å². The van der Waals surface area contributed by atoms with Crippen molar-refractivity contribution in [2.45, 2.75) is 13.5 Å². The second-order valence-electron chi connectivity index (χ2n) is 4.59. The number of fused-ring (bicyclic) bond motifs is 1. The predicted octanol–water partition coefficient (Wildman–Crippen LogP) is 3.34. The molecule has 1 heterocycles. The summed E-state index contributed by atoms with van der Waals surface area (Å²) in [6, 6.07) is 14.9. The molecule has 1 aromatic heterocycles. The van der Waals surface area contributed by atoms with E-state index in [0.717, 1.165) is 24.6 Å². The third-order valence-corrected chi connectivity index (χ3v) is 3.23. The van der Waals surface area contributed by atoms with E-state index in [1.165, 1.54) is 16.3 Å². The average Bonchev–Trinajstić information content (AvgIpc) is 2.93. The SMILES string of the molecule is CCNCc1ncc(-c2ccc3ccccc3c2)[nH]1. The van der Waals surface area contributed by atoms with Crippen molar-refractivity contribution in [1.29, 1.82) is 0 Å². The van der Waals surface area contributed by atoms with Crippen LogP contribution in [0.5, 0.6) is 0 Å². The Hall–Kier alpha value is -2.13. The summed E-state index contributed by atoms with van der Waals surface area (Å²) in [6.45, 7) is 3.82. The zero-order valence-electron chi connectivity index (χ0n) is 11.0. The van der Waals surface area contributed by atoms with Crippen LogP contribution in [0.1, 0.15) is 12.7 Å². The lowest BCUT2D eigenvalue weighted by atomic mass is 10.1. The van der Waals surface area contributed by atoms with Gasteiger partial charge in [-0.1, -0.05) is 43.3 Å². The van der Waals surface area contributed by atoms with E-state index in [9.17, 15) is 0 Å². The minimum Gasteiger partial charge on any atom is -0.341 e. The van der Waals surface area contributed by atoms with Crippen LogP contribution in [0.25, 0.3) is 22.0 Å². The van der Waals surface area contributed by atoms with Crippen LogP contribution in [0, 0.1) is 0 Å². The van der Waals surface area contributed by atoms with Crippen LogP contribution in [-0.2, 0) is 6.54 Å². The molecule has 3 aromatic rings. The molecule has 0 fully saturated rings. The quantitative estimate of drug-likeness (QED) is 0.746. The van der Waals surface area contributed by atoms with Crippen LogP contribution in [-0.4, -0.2) is 16.5 Å². The van der Waals surface area contributed by atoms with Gasteiger partial charge in [-0.05, 0) is 23.4 Å². The van der Waals surface area contributed by atoms with Crippen LogP contribution < -0.4 is 5.32 Å². The van der Waals surface area contributed by atoms with Crippen molar-refractivity contribution < 1.29 is 0 Å². The van der Waals surface area contributed by atoms with Gasteiger partial charge in [-0.15, -0.1) is 0 Å². The largest absolute Gasteiger partial charge is 0.341 e. The molecule has 0 aliphatic carbocycles. The summed E-state index contributed by atoms with van der Waals surface area (Å²) >= 11 is 0. The highest BCUT2D eigenvalue weighted by molar-refractivity contribution is 5.86. The van der Waals surface area contributed by atoms with Crippen LogP contribution in [0.2, 0.25) is 0 Å². The number of nitrogens with zero attached hydrogens (tertiary/aromatic N) is 1. The van der Waals surface area contributed by atoms with Gasteiger partial charge in [-0.25, -0.2) is 4.98 Å². The highest BCUT2D eigenvalue weighted by atomic mass is 15.0. The predicted molar refractivity (Wildman–Crippen MR) is 78.9 cm³/mol. The van der Waals surface area contributed by atoms with Gasteiger partial charge in [-0.2, -0.15) is 0 Å². The van der Waals surface area contributed by atoms with Crippen molar-refractivity contribution in [2.75, 3.05) is 6.54 Å². The fraction of sp³-hybridized carbons (Fsp3) is 0.188. The first-order valence-corrected chi connectivity index (χ1v) is 6.60. The maximum atomic E-state index is 4.39. The molecule has 96 valence electrons. The Kier molecular flexibility index (Phi) is 3.29. The van der Waals surface area contributed by atoms with Crippen molar-refractivity contribution in [3.8, 4) is 11.3 Å². The summed E-state index contributed by atoms with van der Waals surface area (Å²) in [6.07, 6.45) is 1.90. The maximum Gasteiger partial charge on any atom is 0.120 e. The molecule has 0 spiro atoms. The molecule has 0 saturated heterocycles. The first-order chi connectivity index (χ1) is 9.36. The Labute approximate surface area is 112 Å². The highest BCUT2D eigenvalue weighted by Crippen LogP contribution is 2.22. The smallest absolute Gasteiger partial charge is 0.120 e. The molecule has 0 aliphatic rings. The lowest BCUT2D eigenvalue weighted by molar-refractivity contribution is 0.698. The molecule has 3 heteroatoms. The van der Waals surface area contributed by atoms with Crippen molar-refractivity contribution in [2.24, 2.45) is 0 Å². The topological polar surface area (TPSA) is 40.7 Å². The summed E-state index contributed by atoms with van der Waals surface area (Å²) in [7, 11) is 0. The fourth-order valence-electron chi connectivity index (χ4n) is 2.20. The number of H-pyrrole nitrogens is 1. The summed E-state index contributed by atoms with van der Waals surface area (Å²) in [4.78, 5) is 7.75. The van der Waals surface area contributed by atoms with E-state index < -0.39 is 0 Å². The molecule has 19 heavy (non-hydrogen) atoms. The van der Waals surface area contributed by atoms with E-state index in [-0.39, 0.29) is 0 Å². The second-order valence-corrected chi connectivity index (χ2v) is 4.59. The lowest BCUT2D eigenvalue weighted by Crippen LogP contribution is -2.12. The van der Waals surface area contributed by atoms with Crippen molar-refractivity contribution in [3.05, 3.63) is 54.5 Å². The molecule has 0 bridgehead atoms. The zero-order chi connectivity index (χ0) is 13.1.